The zero-order chi connectivity index (χ0) is 12.5. The Bertz CT molecular complexity index is 294. The van der Waals surface area contributed by atoms with E-state index in [0.717, 1.165) is 32.2 Å². The third kappa shape index (κ3) is 6.49. The molecule has 0 amide bonds. The second kappa shape index (κ2) is 8.31. The third-order valence-corrected chi connectivity index (χ3v) is 2.82. The minimum Gasteiger partial charge on any atom is -0.383 e. The Morgan fingerprint density at radius 3 is 2.94 bits per heavy atom. The van der Waals surface area contributed by atoms with Crippen LogP contribution in [0.15, 0.2) is 18.5 Å². The van der Waals surface area contributed by atoms with Crippen molar-refractivity contribution in [1.29, 1.82) is 0 Å². The normalized spacial score (nSPS) is 11.3. The van der Waals surface area contributed by atoms with E-state index in [9.17, 15) is 0 Å². The van der Waals surface area contributed by atoms with Gasteiger partial charge < -0.3 is 14.6 Å². The van der Waals surface area contributed by atoms with E-state index in [1.54, 1.807) is 7.11 Å². The Morgan fingerprint density at radius 2 is 2.24 bits per heavy atom. The lowest BCUT2D eigenvalue weighted by molar-refractivity contribution is 0.199. The molecule has 1 rings (SSSR count). The number of methoxy groups -OCH3 is 1. The highest BCUT2D eigenvalue weighted by Gasteiger charge is 1.98. The third-order valence-electron chi connectivity index (χ3n) is 2.82. The van der Waals surface area contributed by atoms with E-state index in [-0.39, 0.29) is 0 Å². The van der Waals surface area contributed by atoms with E-state index in [4.69, 9.17) is 4.74 Å². The van der Waals surface area contributed by atoms with E-state index < -0.39 is 0 Å². The summed E-state index contributed by atoms with van der Waals surface area (Å²) in [6, 6.07) is 2.19. The van der Waals surface area contributed by atoms with Crippen molar-refractivity contribution in [1.82, 2.24) is 9.88 Å². The molecule has 0 saturated heterocycles. The average molecular weight is 238 g/mol. The van der Waals surface area contributed by atoms with Gasteiger partial charge in [-0.3, -0.25) is 0 Å². The van der Waals surface area contributed by atoms with E-state index >= 15 is 0 Å². The van der Waals surface area contributed by atoms with Crippen LogP contribution < -0.4 is 5.32 Å². The Kier molecular flexibility index (Phi) is 6.97. The highest BCUT2D eigenvalue weighted by Crippen LogP contribution is 2.07. The molecular weight excluding hydrogens is 212 g/mol. The second-order valence-electron chi connectivity index (χ2n) is 4.96. The lowest BCUT2D eigenvalue weighted by atomic mass is 10.1. The van der Waals surface area contributed by atoms with Crippen molar-refractivity contribution in [3.8, 4) is 0 Å². The Balaban J connectivity index is 2.18. The number of nitrogens with zero attached hydrogens (tertiary/aromatic N) is 1. The lowest BCUT2D eigenvalue weighted by Gasteiger charge is -2.05. The fraction of sp³-hybridized carbons (Fsp3) is 0.714. The summed E-state index contributed by atoms with van der Waals surface area (Å²) in [6.45, 7) is 8.31. The van der Waals surface area contributed by atoms with Crippen LogP contribution in [0.25, 0.3) is 0 Å². The van der Waals surface area contributed by atoms with Gasteiger partial charge in [-0.05, 0) is 30.4 Å². The Morgan fingerprint density at radius 1 is 1.41 bits per heavy atom. The van der Waals surface area contributed by atoms with Crippen LogP contribution in [0.3, 0.4) is 0 Å². The maximum absolute atomic E-state index is 4.99. The zero-order valence-electron chi connectivity index (χ0n) is 11.4. The molecule has 3 heteroatoms. The molecule has 0 bridgehead atoms. The number of aromatic nitrogens is 1. The summed E-state index contributed by atoms with van der Waals surface area (Å²) in [4.78, 5) is 0. The van der Waals surface area contributed by atoms with Gasteiger partial charge in [-0.2, -0.15) is 0 Å². The van der Waals surface area contributed by atoms with Crippen LogP contribution in [0.1, 0.15) is 32.3 Å². The van der Waals surface area contributed by atoms with Gasteiger partial charge in [0.15, 0.2) is 0 Å². The quantitative estimate of drug-likeness (QED) is 0.669. The summed E-state index contributed by atoms with van der Waals surface area (Å²) >= 11 is 0. The van der Waals surface area contributed by atoms with Gasteiger partial charge in [0.05, 0.1) is 6.61 Å². The van der Waals surface area contributed by atoms with Gasteiger partial charge in [-0.1, -0.05) is 13.8 Å². The van der Waals surface area contributed by atoms with Crippen LogP contribution >= 0.6 is 0 Å². The molecule has 0 aliphatic heterocycles. The topological polar surface area (TPSA) is 26.2 Å². The van der Waals surface area contributed by atoms with Crippen molar-refractivity contribution in [2.24, 2.45) is 5.92 Å². The lowest BCUT2D eigenvalue weighted by Crippen LogP contribution is -2.18. The molecule has 0 saturated carbocycles. The predicted octanol–water partition coefficient (Wildman–Crippen LogP) is 2.66. The summed E-state index contributed by atoms with van der Waals surface area (Å²) in [5.74, 6) is 0.806. The fourth-order valence-electron chi connectivity index (χ4n) is 1.82. The van der Waals surface area contributed by atoms with Crippen molar-refractivity contribution in [3.05, 3.63) is 24.0 Å². The molecule has 0 fully saturated rings. The molecule has 17 heavy (non-hydrogen) atoms. The van der Waals surface area contributed by atoms with Crippen LogP contribution in [-0.4, -0.2) is 24.8 Å². The maximum Gasteiger partial charge on any atom is 0.0587 e. The molecule has 0 aliphatic carbocycles. The van der Waals surface area contributed by atoms with Gasteiger partial charge >= 0.3 is 0 Å². The second-order valence-corrected chi connectivity index (χ2v) is 4.96. The molecule has 1 N–H and O–H groups in total. The molecule has 0 unspecified atom stereocenters. The van der Waals surface area contributed by atoms with Gasteiger partial charge in [0.1, 0.15) is 0 Å². The minimum atomic E-state index is 0.773. The van der Waals surface area contributed by atoms with Crippen molar-refractivity contribution in [2.45, 2.75) is 39.8 Å². The summed E-state index contributed by atoms with van der Waals surface area (Å²) in [5.41, 5.74) is 1.35. The van der Waals surface area contributed by atoms with Gasteiger partial charge in [0.25, 0.3) is 0 Å². The van der Waals surface area contributed by atoms with Crippen LogP contribution in [0.4, 0.5) is 0 Å². The largest absolute Gasteiger partial charge is 0.383 e. The first-order valence-corrected chi connectivity index (χ1v) is 6.56. The van der Waals surface area contributed by atoms with Crippen molar-refractivity contribution < 1.29 is 4.74 Å². The first kappa shape index (κ1) is 14.3. The summed E-state index contributed by atoms with van der Waals surface area (Å²) in [5, 5.41) is 3.35. The van der Waals surface area contributed by atoms with Crippen LogP contribution in [0, 0.1) is 5.92 Å². The average Bonchev–Trinajstić information content (AvgIpc) is 2.72. The fourth-order valence-corrected chi connectivity index (χ4v) is 1.82. The first-order valence-electron chi connectivity index (χ1n) is 6.56. The van der Waals surface area contributed by atoms with Crippen molar-refractivity contribution in [2.75, 3.05) is 20.3 Å². The molecule has 0 atom stereocenters. The molecule has 0 aliphatic rings. The number of nitrogens with one attached hydrogen (secondary N) is 1. The molecule has 0 radical (unpaired) electrons. The predicted molar refractivity (Wildman–Crippen MR) is 72.1 cm³/mol. The summed E-state index contributed by atoms with van der Waals surface area (Å²) in [6.07, 6.45) is 6.98. The zero-order valence-corrected chi connectivity index (χ0v) is 11.4. The van der Waals surface area contributed by atoms with E-state index in [1.807, 2.05) is 0 Å². The van der Waals surface area contributed by atoms with Crippen LogP contribution in [0.5, 0.6) is 0 Å². The molecule has 1 heterocycles. The molecule has 3 nitrogen and oxygen atoms in total. The van der Waals surface area contributed by atoms with Crippen molar-refractivity contribution >= 4 is 0 Å². The number of hydrogen-bond donors (Lipinski definition) is 1. The number of hydrogen-bond acceptors (Lipinski definition) is 2. The summed E-state index contributed by atoms with van der Waals surface area (Å²) in [7, 11) is 1.73. The molecule has 98 valence electrons. The van der Waals surface area contributed by atoms with Gasteiger partial charge in [-0.15, -0.1) is 0 Å². The Labute approximate surface area is 105 Å². The molecular formula is C14H26N2O. The monoisotopic (exact) mass is 238 g/mol. The molecule has 1 aromatic heterocycles. The maximum atomic E-state index is 4.99. The number of aryl methyl sites for hydroxylation is 1. The first-order chi connectivity index (χ1) is 8.22. The summed E-state index contributed by atoms with van der Waals surface area (Å²) < 4.78 is 7.28. The highest BCUT2D eigenvalue weighted by atomic mass is 16.5. The number of rotatable bonds is 9. The van der Waals surface area contributed by atoms with Crippen LogP contribution in [0.2, 0.25) is 0 Å². The van der Waals surface area contributed by atoms with Gasteiger partial charge in [-0.25, -0.2) is 0 Å². The Hall–Kier alpha value is -0.800. The smallest absolute Gasteiger partial charge is 0.0587 e. The standard InChI is InChI=1S/C14H26N2O/c1-13(2)5-4-8-16-9-6-14(12-16)11-15-7-10-17-3/h6,9,12-13,15H,4-5,7-8,10-11H2,1-3H3. The molecule has 1 aromatic rings. The van der Waals surface area contributed by atoms with E-state index in [2.05, 4.69) is 42.2 Å². The molecule has 0 spiro atoms. The minimum absolute atomic E-state index is 0.773. The molecule has 0 aromatic carbocycles. The van der Waals surface area contributed by atoms with Gasteiger partial charge in [0.2, 0.25) is 0 Å². The van der Waals surface area contributed by atoms with Crippen molar-refractivity contribution in [3.63, 3.8) is 0 Å². The highest BCUT2D eigenvalue weighted by molar-refractivity contribution is 5.09. The van der Waals surface area contributed by atoms with Gasteiger partial charge in [0, 0.05) is 39.1 Å². The number of ether oxygens (including phenoxy) is 1. The van der Waals surface area contributed by atoms with E-state index in [0.29, 0.717) is 0 Å². The SMILES string of the molecule is COCCNCc1ccn(CCCC(C)C)c1. The van der Waals surface area contributed by atoms with E-state index in [1.165, 1.54) is 18.4 Å². The van der Waals surface area contributed by atoms with Crippen LogP contribution in [-0.2, 0) is 17.8 Å².